The fourth-order valence-electron chi connectivity index (χ4n) is 2.79. The van der Waals surface area contributed by atoms with E-state index in [-0.39, 0.29) is 18.7 Å². The number of hydrogen-bond acceptors (Lipinski definition) is 6. The molecule has 146 valence electrons. The molecule has 1 unspecified atom stereocenters. The predicted molar refractivity (Wildman–Crippen MR) is 112 cm³/mol. The minimum Gasteiger partial charge on any atom is -0.481 e. The molecule has 1 aromatic carbocycles. The van der Waals surface area contributed by atoms with Crippen molar-refractivity contribution in [2.75, 3.05) is 11.9 Å². The smallest absolute Gasteiger partial charge is 0.304 e. The first kappa shape index (κ1) is 20.4. The number of thiazole rings is 2. The van der Waals surface area contributed by atoms with Crippen molar-refractivity contribution in [3.05, 3.63) is 50.7 Å². The number of amides is 1. The van der Waals surface area contributed by atoms with Crippen LogP contribution in [-0.2, 0) is 16.0 Å². The molecule has 1 amide bonds. The quantitative estimate of drug-likeness (QED) is 0.589. The average Bonchev–Trinajstić information content (AvgIpc) is 3.29. The summed E-state index contributed by atoms with van der Waals surface area (Å²) in [4.78, 5) is 34.5. The zero-order valence-corrected chi connectivity index (χ0v) is 17.6. The van der Waals surface area contributed by atoms with Crippen LogP contribution >= 0.6 is 34.3 Å². The van der Waals surface area contributed by atoms with Crippen LogP contribution < -0.4 is 4.90 Å². The number of benzene rings is 1. The topological polar surface area (TPSA) is 83.4 Å². The third kappa shape index (κ3) is 4.76. The van der Waals surface area contributed by atoms with Gasteiger partial charge in [0.2, 0.25) is 5.91 Å². The molecule has 0 saturated carbocycles. The van der Waals surface area contributed by atoms with Gasteiger partial charge in [0.1, 0.15) is 0 Å². The number of carboxylic acid groups (broad SMARTS) is 1. The predicted octanol–water partition coefficient (Wildman–Crippen LogP) is 4.52. The lowest BCUT2D eigenvalue weighted by molar-refractivity contribution is -0.140. The second-order valence-corrected chi connectivity index (χ2v) is 8.56. The van der Waals surface area contributed by atoms with Gasteiger partial charge in [0.15, 0.2) is 5.13 Å². The Morgan fingerprint density at radius 2 is 1.96 bits per heavy atom. The van der Waals surface area contributed by atoms with Crippen molar-refractivity contribution in [3.8, 4) is 11.3 Å². The van der Waals surface area contributed by atoms with Gasteiger partial charge in [-0.25, -0.2) is 9.97 Å². The lowest BCUT2D eigenvalue weighted by Crippen LogP contribution is -2.35. The number of anilines is 1. The highest BCUT2D eigenvalue weighted by Gasteiger charge is 2.28. The normalized spacial score (nSPS) is 12.0. The molecular weight excluding hydrogens is 418 g/mol. The number of halogens is 1. The highest BCUT2D eigenvalue weighted by atomic mass is 35.5. The van der Waals surface area contributed by atoms with Gasteiger partial charge in [0.05, 0.1) is 28.7 Å². The summed E-state index contributed by atoms with van der Waals surface area (Å²) in [7, 11) is 1.61. The molecule has 0 aliphatic heterocycles. The molecule has 0 radical (unpaired) electrons. The van der Waals surface area contributed by atoms with E-state index in [1.165, 1.54) is 27.6 Å². The number of aromatic nitrogens is 2. The molecule has 1 atom stereocenters. The van der Waals surface area contributed by atoms with E-state index in [1.54, 1.807) is 13.1 Å². The monoisotopic (exact) mass is 435 g/mol. The second-order valence-electron chi connectivity index (χ2n) is 6.25. The number of hydrogen-bond donors (Lipinski definition) is 1. The summed E-state index contributed by atoms with van der Waals surface area (Å²) in [5, 5.41) is 14.9. The number of aliphatic carboxylic acids is 1. The van der Waals surface area contributed by atoms with E-state index in [1.807, 2.05) is 35.9 Å². The van der Waals surface area contributed by atoms with E-state index in [0.29, 0.717) is 15.8 Å². The molecule has 2 heterocycles. The highest BCUT2D eigenvalue weighted by molar-refractivity contribution is 7.14. The van der Waals surface area contributed by atoms with Crippen LogP contribution in [-0.4, -0.2) is 34.0 Å². The van der Waals surface area contributed by atoms with Crippen molar-refractivity contribution in [1.82, 2.24) is 9.97 Å². The van der Waals surface area contributed by atoms with Crippen LogP contribution in [0.2, 0.25) is 5.02 Å². The van der Waals surface area contributed by atoms with E-state index in [0.717, 1.165) is 16.3 Å². The Hall–Kier alpha value is -2.29. The molecule has 0 bridgehead atoms. The first-order valence-corrected chi connectivity index (χ1v) is 10.6. The van der Waals surface area contributed by atoms with Gasteiger partial charge in [0.25, 0.3) is 0 Å². The van der Waals surface area contributed by atoms with Gasteiger partial charge >= 0.3 is 5.97 Å². The van der Waals surface area contributed by atoms with E-state index in [4.69, 9.17) is 11.6 Å². The van der Waals surface area contributed by atoms with Gasteiger partial charge in [-0.05, 0) is 13.0 Å². The second kappa shape index (κ2) is 8.81. The Bertz CT molecular complexity index is 1000. The molecule has 1 N–H and O–H groups in total. The summed E-state index contributed by atoms with van der Waals surface area (Å²) in [5.41, 5.74) is 2.19. The zero-order valence-electron chi connectivity index (χ0n) is 15.3. The summed E-state index contributed by atoms with van der Waals surface area (Å²) in [6.07, 6.45) is 0.0189. The standard InChI is InChI=1S/C19H18ClN3O3S2/c1-11-21-13(9-27-11)7-12(8-17(24)25)18(26)23(2)19-22-16(10-28-19)14-5-3-4-6-15(14)20/h3-6,9-10,12H,7-8H2,1-2H3,(H,24,25). The lowest BCUT2D eigenvalue weighted by atomic mass is 9.98. The van der Waals surface area contributed by atoms with Crippen molar-refractivity contribution in [2.45, 2.75) is 19.8 Å². The summed E-state index contributed by atoms with van der Waals surface area (Å²) in [5.74, 6) is -2.03. The van der Waals surface area contributed by atoms with Gasteiger partial charge < -0.3 is 5.11 Å². The van der Waals surface area contributed by atoms with Crippen molar-refractivity contribution < 1.29 is 14.7 Å². The highest BCUT2D eigenvalue weighted by Crippen LogP contribution is 2.32. The fraction of sp³-hybridized carbons (Fsp3) is 0.263. The Balaban J connectivity index is 1.81. The molecule has 28 heavy (non-hydrogen) atoms. The van der Waals surface area contributed by atoms with E-state index >= 15 is 0 Å². The molecular formula is C19H18ClN3O3S2. The number of carbonyl (C=O) groups is 2. The summed E-state index contributed by atoms with van der Waals surface area (Å²) in [6, 6.07) is 7.35. The maximum Gasteiger partial charge on any atom is 0.304 e. The SMILES string of the molecule is Cc1nc(CC(CC(=O)O)C(=O)N(C)c2nc(-c3ccccc3Cl)cs2)cs1. The Kier molecular flexibility index (Phi) is 6.43. The first-order chi connectivity index (χ1) is 13.3. The summed E-state index contributed by atoms with van der Waals surface area (Å²) >= 11 is 9.01. The molecule has 2 aromatic heterocycles. The van der Waals surface area contributed by atoms with Crippen LogP contribution in [0.3, 0.4) is 0 Å². The molecule has 0 fully saturated rings. The van der Waals surface area contributed by atoms with Crippen LogP contribution in [0.5, 0.6) is 0 Å². The minimum atomic E-state index is -1.02. The Morgan fingerprint density at radius 1 is 1.21 bits per heavy atom. The van der Waals surface area contributed by atoms with Gasteiger partial charge in [-0.1, -0.05) is 29.8 Å². The molecule has 0 spiro atoms. The van der Waals surface area contributed by atoms with Crippen LogP contribution in [0.4, 0.5) is 5.13 Å². The molecule has 0 aliphatic carbocycles. The van der Waals surface area contributed by atoms with E-state index in [2.05, 4.69) is 9.97 Å². The minimum absolute atomic E-state index is 0.261. The summed E-state index contributed by atoms with van der Waals surface area (Å²) < 4.78 is 0. The fourth-order valence-corrected chi connectivity index (χ4v) is 4.44. The van der Waals surface area contributed by atoms with E-state index < -0.39 is 11.9 Å². The maximum absolute atomic E-state index is 13.0. The van der Waals surface area contributed by atoms with Crippen molar-refractivity contribution >= 4 is 51.3 Å². The number of carbonyl (C=O) groups excluding carboxylic acids is 1. The summed E-state index contributed by atoms with van der Waals surface area (Å²) in [6.45, 7) is 1.88. The molecule has 3 aromatic rings. The number of aryl methyl sites for hydroxylation is 1. The van der Waals surface area contributed by atoms with Crippen LogP contribution in [0, 0.1) is 12.8 Å². The number of nitrogens with zero attached hydrogens (tertiary/aromatic N) is 3. The lowest BCUT2D eigenvalue weighted by Gasteiger charge is -2.20. The Morgan fingerprint density at radius 3 is 2.61 bits per heavy atom. The van der Waals surface area contributed by atoms with Crippen molar-refractivity contribution in [1.29, 1.82) is 0 Å². The third-order valence-corrected chi connectivity index (χ3v) is 6.22. The molecule has 0 aliphatic rings. The van der Waals surface area contributed by atoms with Gasteiger partial charge in [-0.15, -0.1) is 22.7 Å². The third-order valence-electron chi connectivity index (χ3n) is 4.15. The van der Waals surface area contributed by atoms with Gasteiger partial charge in [-0.2, -0.15) is 0 Å². The van der Waals surface area contributed by atoms with Crippen molar-refractivity contribution in [3.63, 3.8) is 0 Å². The zero-order chi connectivity index (χ0) is 20.3. The largest absolute Gasteiger partial charge is 0.481 e. The molecule has 3 rings (SSSR count). The van der Waals surface area contributed by atoms with Crippen LogP contribution in [0.25, 0.3) is 11.3 Å². The van der Waals surface area contributed by atoms with E-state index in [9.17, 15) is 14.7 Å². The number of rotatable bonds is 7. The van der Waals surface area contributed by atoms with Gasteiger partial charge in [0, 0.05) is 34.8 Å². The van der Waals surface area contributed by atoms with Gasteiger partial charge in [-0.3, -0.25) is 14.5 Å². The van der Waals surface area contributed by atoms with Crippen molar-refractivity contribution in [2.24, 2.45) is 5.92 Å². The Labute approximate surface area is 175 Å². The molecule has 0 saturated heterocycles. The van der Waals surface area contributed by atoms with Crippen LogP contribution in [0.1, 0.15) is 17.1 Å². The first-order valence-electron chi connectivity index (χ1n) is 8.46. The van der Waals surface area contributed by atoms with Crippen LogP contribution in [0.15, 0.2) is 35.0 Å². The maximum atomic E-state index is 13.0. The molecule has 6 nitrogen and oxygen atoms in total. The average molecular weight is 436 g/mol. The number of carboxylic acids is 1. The molecule has 9 heteroatoms.